The third-order valence-corrected chi connectivity index (χ3v) is 5.06. The molecule has 7 nitrogen and oxygen atoms in total. The van der Waals surface area contributed by atoms with E-state index >= 15 is 0 Å². The van der Waals surface area contributed by atoms with Crippen molar-refractivity contribution in [2.45, 2.75) is 46.0 Å². The molecule has 0 aliphatic heterocycles. The van der Waals surface area contributed by atoms with E-state index in [0.29, 0.717) is 18.8 Å². The first-order valence-electron chi connectivity index (χ1n) is 11.1. The number of nitrogens with zero attached hydrogens (tertiary/aromatic N) is 2. The molecule has 0 aliphatic carbocycles. The summed E-state index contributed by atoms with van der Waals surface area (Å²) in [6.07, 6.45) is 2.17. The number of esters is 1. The highest BCUT2D eigenvalue weighted by Crippen LogP contribution is 2.25. The lowest BCUT2D eigenvalue weighted by atomic mass is 9.87. The molecule has 0 saturated heterocycles. The molecule has 3 rings (SSSR count). The van der Waals surface area contributed by atoms with Crippen molar-refractivity contribution in [3.8, 4) is 11.4 Å². The van der Waals surface area contributed by atoms with Crippen molar-refractivity contribution in [1.82, 2.24) is 9.78 Å². The number of amides is 1. The van der Waals surface area contributed by atoms with E-state index in [0.717, 1.165) is 11.4 Å². The van der Waals surface area contributed by atoms with Gasteiger partial charge in [-0.2, -0.15) is 5.10 Å². The Morgan fingerprint density at radius 2 is 1.73 bits per heavy atom. The number of carbonyl (C=O) groups excluding carboxylic acids is 2. The second kappa shape index (κ2) is 10.8. The lowest BCUT2D eigenvalue weighted by Crippen LogP contribution is -2.18. The third kappa shape index (κ3) is 6.44. The highest BCUT2D eigenvalue weighted by atomic mass is 16.5. The first kappa shape index (κ1) is 24.0. The summed E-state index contributed by atoms with van der Waals surface area (Å²) >= 11 is 0. The molecule has 0 saturated carbocycles. The van der Waals surface area contributed by atoms with Crippen molar-refractivity contribution in [1.29, 1.82) is 0 Å². The van der Waals surface area contributed by atoms with E-state index in [9.17, 15) is 9.59 Å². The summed E-state index contributed by atoms with van der Waals surface area (Å²) in [7, 11) is 0. The summed E-state index contributed by atoms with van der Waals surface area (Å²) in [5.74, 6) is 0.306. The number of ether oxygens (including phenoxy) is 2. The van der Waals surface area contributed by atoms with Crippen LogP contribution in [0.4, 0.5) is 5.82 Å². The SMILES string of the molecule is CCOC(=O)c1cnn(-c2ccccc2)c1NC(=O)CCCOc1ccc(C(C)(C)C)cc1. The highest BCUT2D eigenvalue weighted by molar-refractivity contribution is 6.00. The maximum Gasteiger partial charge on any atom is 0.343 e. The number of carbonyl (C=O) groups is 2. The first-order valence-corrected chi connectivity index (χ1v) is 11.1. The Balaban J connectivity index is 1.60. The summed E-state index contributed by atoms with van der Waals surface area (Å²) < 4.78 is 12.4. The Kier molecular flexibility index (Phi) is 7.87. The second-order valence-corrected chi connectivity index (χ2v) is 8.65. The zero-order valence-corrected chi connectivity index (χ0v) is 19.6. The van der Waals surface area contributed by atoms with Crippen LogP contribution < -0.4 is 10.1 Å². The number of rotatable bonds is 9. The van der Waals surface area contributed by atoms with Gasteiger partial charge in [0.15, 0.2) is 5.82 Å². The van der Waals surface area contributed by atoms with E-state index in [2.05, 4.69) is 43.3 Å². The maximum atomic E-state index is 12.6. The van der Waals surface area contributed by atoms with Crippen LogP contribution in [0.5, 0.6) is 5.75 Å². The van der Waals surface area contributed by atoms with E-state index in [1.54, 1.807) is 6.92 Å². The van der Waals surface area contributed by atoms with Crippen LogP contribution in [-0.2, 0) is 14.9 Å². The molecule has 0 bridgehead atoms. The quantitative estimate of drug-likeness (QED) is 0.361. The molecule has 0 fully saturated rings. The normalized spacial score (nSPS) is 11.2. The summed E-state index contributed by atoms with van der Waals surface area (Å²) in [6, 6.07) is 17.3. The Morgan fingerprint density at radius 3 is 2.36 bits per heavy atom. The van der Waals surface area contributed by atoms with Gasteiger partial charge in [-0.3, -0.25) is 4.79 Å². The number of nitrogens with one attached hydrogen (secondary N) is 1. The number of hydrogen-bond acceptors (Lipinski definition) is 5. The molecular weight excluding hydrogens is 418 g/mol. The van der Waals surface area contributed by atoms with Gasteiger partial charge in [-0.05, 0) is 48.6 Å². The predicted octanol–water partition coefficient (Wildman–Crippen LogP) is 5.14. The van der Waals surface area contributed by atoms with Crippen molar-refractivity contribution in [3.05, 3.63) is 71.9 Å². The van der Waals surface area contributed by atoms with Gasteiger partial charge in [0.25, 0.3) is 0 Å². The summed E-state index contributed by atoms with van der Waals surface area (Å²) in [4.78, 5) is 25.0. The van der Waals surface area contributed by atoms with E-state index in [1.165, 1.54) is 16.4 Å². The molecule has 0 spiro atoms. The van der Waals surface area contributed by atoms with Crippen LogP contribution in [0.2, 0.25) is 0 Å². The van der Waals surface area contributed by atoms with Gasteiger partial charge in [0.05, 0.1) is 25.1 Å². The molecule has 1 aromatic heterocycles. The molecule has 7 heteroatoms. The second-order valence-electron chi connectivity index (χ2n) is 8.65. The van der Waals surface area contributed by atoms with Crippen LogP contribution in [0.25, 0.3) is 5.69 Å². The number of anilines is 1. The average Bonchev–Trinajstić information content (AvgIpc) is 3.20. The summed E-state index contributed by atoms with van der Waals surface area (Å²) in [5.41, 5.74) is 2.27. The monoisotopic (exact) mass is 449 g/mol. The van der Waals surface area contributed by atoms with Gasteiger partial charge >= 0.3 is 5.97 Å². The zero-order valence-electron chi connectivity index (χ0n) is 19.6. The fraction of sp³-hybridized carbons (Fsp3) is 0.346. The van der Waals surface area contributed by atoms with Crippen molar-refractivity contribution in [2.75, 3.05) is 18.5 Å². The molecule has 3 aromatic rings. The van der Waals surface area contributed by atoms with Crippen LogP contribution >= 0.6 is 0 Å². The maximum absolute atomic E-state index is 12.6. The number of benzene rings is 2. The van der Waals surface area contributed by atoms with E-state index in [4.69, 9.17) is 9.47 Å². The Bertz CT molecular complexity index is 1070. The molecule has 1 amide bonds. The number of aromatic nitrogens is 2. The molecule has 1 heterocycles. The minimum Gasteiger partial charge on any atom is -0.494 e. The fourth-order valence-corrected chi connectivity index (χ4v) is 3.26. The fourth-order valence-electron chi connectivity index (χ4n) is 3.26. The smallest absolute Gasteiger partial charge is 0.343 e. The van der Waals surface area contributed by atoms with Crippen LogP contribution in [-0.4, -0.2) is 34.9 Å². The standard InChI is InChI=1S/C26H31N3O4/c1-5-32-25(31)22-18-27-29(20-10-7-6-8-11-20)24(22)28-23(30)12-9-17-33-21-15-13-19(14-16-21)26(2,3)4/h6-8,10-11,13-16,18H,5,9,12,17H2,1-4H3,(H,28,30). The first-order chi connectivity index (χ1) is 15.8. The minimum absolute atomic E-state index is 0.0886. The van der Waals surface area contributed by atoms with Crippen LogP contribution in [0.3, 0.4) is 0 Å². The van der Waals surface area contributed by atoms with Gasteiger partial charge in [0.2, 0.25) is 5.91 Å². The van der Waals surface area contributed by atoms with Crippen molar-refractivity contribution in [3.63, 3.8) is 0 Å². The van der Waals surface area contributed by atoms with E-state index in [-0.39, 0.29) is 29.9 Å². The lowest BCUT2D eigenvalue weighted by molar-refractivity contribution is -0.116. The molecule has 174 valence electrons. The molecular formula is C26H31N3O4. The van der Waals surface area contributed by atoms with Gasteiger partial charge in [-0.25, -0.2) is 9.48 Å². The van der Waals surface area contributed by atoms with Crippen molar-refractivity contribution in [2.24, 2.45) is 0 Å². The molecule has 0 radical (unpaired) electrons. The van der Waals surface area contributed by atoms with Gasteiger partial charge in [-0.15, -0.1) is 0 Å². The van der Waals surface area contributed by atoms with Gasteiger partial charge in [0.1, 0.15) is 11.3 Å². The largest absolute Gasteiger partial charge is 0.494 e. The van der Waals surface area contributed by atoms with Gasteiger partial charge in [-0.1, -0.05) is 51.1 Å². The molecule has 0 unspecified atom stereocenters. The Labute approximate surface area is 194 Å². The van der Waals surface area contributed by atoms with Gasteiger partial charge < -0.3 is 14.8 Å². The number of hydrogen-bond donors (Lipinski definition) is 1. The van der Waals surface area contributed by atoms with Crippen LogP contribution in [0.15, 0.2) is 60.8 Å². The zero-order chi connectivity index (χ0) is 23.8. The topological polar surface area (TPSA) is 82.5 Å². The third-order valence-electron chi connectivity index (χ3n) is 5.06. The van der Waals surface area contributed by atoms with E-state index < -0.39 is 5.97 Å². The summed E-state index contributed by atoms with van der Waals surface area (Å²) in [6.45, 7) is 8.87. The number of para-hydroxylation sites is 1. The minimum atomic E-state index is -0.531. The average molecular weight is 450 g/mol. The van der Waals surface area contributed by atoms with Crippen molar-refractivity contribution >= 4 is 17.7 Å². The highest BCUT2D eigenvalue weighted by Gasteiger charge is 2.21. The van der Waals surface area contributed by atoms with Crippen LogP contribution in [0.1, 0.15) is 56.5 Å². The Hall–Kier alpha value is -3.61. The molecule has 0 atom stereocenters. The van der Waals surface area contributed by atoms with E-state index in [1.807, 2.05) is 42.5 Å². The summed E-state index contributed by atoms with van der Waals surface area (Å²) in [5, 5.41) is 7.10. The molecule has 1 N–H and O–H groups in total. The predicted molar refractivity (Wildman–Crippen MR) is 128 cm³/mol. The van der Waals surface area contributed by atoms with Crippen molar-refractivity contribution < 1.29 is 19.1 Å². The molecule has 2 aromatic carbocycles. The lowest BCUT2D eigenvalue weighted by Gasteiger charge is -2.19. The Morgan fingerprint density at radius 1 is 1.03 bits per heavy atom. The van der Waals surface area contributed by atoms with Gasteiger partial charge in [0, 0.05) is 6.42 Å². The molecule has 33 heavy (non-hydrogen) atoms. The van der Waals surface area contributed by atoms with Crippen LogP contribution in [0, 0.1) is 0 Å². The molecule has 0 aliphatic rings.